The van der Waals surface area contributed by atoms with Crippen LogP contribution in [0.2, 0.25) is 0 Å². The lowest BCUT2D eigenvalue weighted by Gasteiger charge is -2.31. The summed E-state index contributed by atoms with van der Waals surface area (Å²) in [5.41, 5.74) is -2.67. The minimum Gasteiger partial charge on any atom is -0.472 e. The van der Waals surface area contributed by atoms with E-state index in [9.17, 15) is 24.3 Å². The van der Waals surface area contributed by atoms with Gasteiger partial charge in [0.15, 0.2) is 12.1 Å². The summed E-state index contributed by atoms with van der Waals surface area (Å²) in [7, 11) is 0. The van der Waals surface area contributed by atoms with Crippen LogP contribution >= 0.6 is 12.2 Å². The molecule has 2 amide bonds. The number of ether oxygens (including phenoxy) is 2. The van der Waals surface area contributed by atoms with Crippen molar-refractivity contribution >= 4 is 40.7 Å². The molecule has 0 radical (unpaired) electrons. The lowest BCUT2D eigenvalue weighted by atomic mass is 9.90. The van der Waals surface area contributed by atoms with Crippen LogP contribution < -0.4 is 10.6 Å². The number of nitrogens with zero attached hydrogens (tertiary/aromatic N) is 4. The Bertz CT molecular complexity index is 1220. The molecule has 1 aliphatic rings. The molecule has 2 N–H and O–H groups in total. The summed E-state index contributed by atoms with van der Waals surface area (Å²) in [6.07, 6.45) is 1.63. The molecule has 0 unspecified atom stereocenters. The number of H-pyrrole nitrogens is 1. The van der Waals surface area contributed by atoms with Crippen LogP contribution in [0.4, 0.5) is 5.82 Å². The number of carbonyl (C=O) groups excluding carboxylic acids is 3. The lowest BCUT2D eigenvalue weighted by Crippen LogP contribution is -2.49. The molecule has 200 valence electrons. The quantitative estimate of drug-likeness (QED) is 0.414. The topological polar surface area (TPSA) is 157 Å². The summed E-state index contributed by atoms with van der Waals surface area (Å²) in [6.45, 7) is 9.62. The van der Waals surface area contributed by atoms with Crippen LogP contribution in [0.25, 0.3) is 0 Å². The molecule has 1 aliphatic heterocycles. The number of imide groups is 1. The van der Waals surface area contributed by atoms with E-state index in [4.69, 9.17) is 21.7 Å². The van der Waals surface area contributed by atoms with Gasteiger partial charge in [-0.25, -0.2) is 14.7 Å². The second-order valence-corrected chi connectivity index (χ2v) is 11.1. The van der Waals surface area contributed by atoms with E-state index in [1.54, 1.807) is 41.5 Å². The number of nitrogens with one attached hydrogen (secondary N) is 1. The molecule has 12 nitrogen and oxygen atoms in total. The van der Waals surface area contributed by atoms with Crippen LogP contribution in [0.1, 0.15) is 64.8 Å². The highest BCUT2D eigenvalue weighted by Gasteiger charge is 2.41. The number of aliphatic hydroxyl groups is 1. The summed E-state index contributed by atoms with van der Waals surface area (Å²) in [4.78, 5) is 63.3. The molecule has 0 spiro atoms. The van der Waals surface area contributed by atoms with Crippen LogP contribution in [-0.2, 0) is 19.1 Å². The Kier molecular flexibility index (Phi) is 8.10. The summed E-state index contributed by atoms with van der Waals surface area (Å²) in [6, 6.07) is 1.35. The van der Waals surface area contributed by atoms with E-state index < -0.39 is 52.6 Å². The molecule has 0 saturated carbocycles. The zero-order chi connectivity index (χ0) is 27.7. The van der Waals surface area contributed by atoms with E-state index in [0.29, 0.717) is 0 Å². The Balaban J connectivity index is 1.94. The fourth-order valence-corrected chi connectivity index (χ4v) is 3.77. The number of carbonyl (C=O) groups is 3. The smallest absolute Gasteiger partial charge is 0.351 e. The Labute approximate surface area is 219 Å². The van der Waals surface area contributed by atoms with Crippen molar-refractivity contribution in [3.8, 4) is 0 Å². The normalized spacial score (nSPS) is 19.9. The first-order chi connectivity index (χ1) is 17.1. The van der Waals surface area contributed by atoms with Gasteiger partial charge in [0.2, 0.25) is 16.9 Å². The molecule has 3 rings (SSSR count). The largest absolute Gasteiger partial charge is 0.472 e. The third kappa shape index (κ3) is 6.17. The number of hydrogen-bond acceptors (Lipinski definition) is 10. The highest BCUT2D eigenvalue weighted by molar-refractivity contribution is 7.81. The van der Waals surface area contributed by atoms with Gasteiger partial charge in [0, 0.05) is 35.8 Å². The minimum atomic E-state index is -1.08. The average molecular weight is 534 g/mol. The third-order valence-corrected chi connectivity index (χ3v) is 5.80. The number of amides is 2. The Morgan fingerprint density at radius 1 is 1.22 bits per heavy atom. The number of aliphatic hydroxyl groups excluding tert-OH is 1. The van der Waals surface area contributed by atoms with Crippen LogP contribution in [0.3, 0.4) is 0 Å². The number of Topliss-reactive ketones (excluding diaryl/α,β-unsaturated/α-hetero) is 1. The maximum Gasteiger partial charge on any atom is 0.351 e. The molecule has 37 heavy (non-hydrogen) atoms. The van der Waals surface area contributed by atoms with E-state index in [1.165, 1.54) is 24.7 Å². The first-order valence-corrected chi connectivity index (χ1v) is 12.0. The molecule has 1 fully saturated rings. The van der Waals surface area contributed by atoms with Crippen LogP contribution in [-0.4, -0.2) is 66.1 Å². The average Bonchev–Trinajstić information content (AvgIpc) is 3.48. The minimum absolute atomic E-state index is 0.00511. The maximum absolute atomic E-state index is 13.2. The number of hydrogen-bond donors (Lipinski definition) is 2. The van der Waals surface area contributed by atoms with Gasteiger partial charge in [-0.2, -0.15) is 4.98 Å². The molecule has 3 heterocycles. The molecule has 0 bridgehead atoms. The standard InChI is InChI=1S/C24H31N5O7S/c1-23(2,3)20(32)29(21(33)24(4,5)6)15-7-10-28(22(34)27-15)18-14(11-13(12-30)35-18)36-19(37)16(31)17-25-8-9-26-17/h7-10,13-14,18,30H,11-12H2,1-6H3,(H,25,26)/t13-,14-,18+/m0/s1. The maximum atomic E-state index is 13.2. The van der Waals surface area contributed by atoms with E-state index in [2.05, 4.69) is 15.0 Å². The van der Waals surface area contributed by atoms with E-state index in [1.807, 2.05) is 0 Å². The first-order valence-electron chi connectivity index (χ1n) is 11.6. The second-order valence-electron chi connectivity index (χ2n) is 10.7. The van der Waals surface area contributed by atoms with Crippen molar-refractivity contribution < 1.29 is 29.0 Å². The summed E-state index contributed by atoms with van der Waals surface area (Å²) in [5.74, 6) is -1.81. The molecule has 0 aliphatic carbocycles. The van der Waals surface area contributed by atoms with Crippen LogP contribution in [0, 0.1) is 10.8 Å². The molecule has 0 aromatic carbocycles. The van der Waals surface area contributed by atoms with Gasteiger partial charge in [-0.05, 0) is 18.3 Å². The van der Waals surface area contributed by atoms with Gasteiger partial charge < -0.3 is 19.6 Å². The highest BCUT2D eigenvalue weighted by Crippen LogP contribution is 2.32. The van der Waals surface area contributed by atoms with Gasteiger partial charge in [0.25, 0.3) is 5.78 Å². The van der Waals surface area contributed by atoms with Gasteiger partial charge >= 0.3 is 5.69 Å². The zero-order valence-electron chi connectivity index (χ0n) is 21.5. The molecule has 13 heteroatoms. The van der Waals surface area contributed by atoms with Gasteiger partial charge in [0.05, 0.1) is 12.7 Å². The number of ketones is 1. The van der Waals surface area contributed by atoms with Crippen LogP contribution in [0.15, 0.2) is 29.5 Å². The molecule has 2 aromatic heterocycles. The number of aromatic nitrogens is 4. The van der Waals surface area contributed by atoms with Crippen molar-refractivity contribution in [1.29, 1.82) is 0 Å². The van der Waals surface area contributed by atoms with E-state index in [-0.39, 0.29) is 29.7 Å². The fraction of sp³-hybridized carbons (Fsp3) is 0.542. The monoisotopic (exact) mass is 533 g/mol. The number of rotatable bonds is 6. The summed E-state index contributed by atoms with van der Waals surface area (Å²) in [5, 5.41) is 9.24. The Morgan fingerprint density at radius 3 is 2.32 bits per heavy atom. The van der Waals surface area contributed by atoms with Crippen molar-refractivity contribution in [3.63, 3.8) is 0 Å². The first kappa shape index (κ1) is 28.3. The third-order valence-electron chi connectivity index (χ3n) is 5.51. The summed E-state index contributed by atoms with van der Waals surface area (Å²) < 4.78 is 12.5. The van der Waals surface area contributed by atoms with Crippen molar-refractivity contribution in [2.45, 2.75) is 66.4 Å². The SMILES string of the molecule is CC(C)(C)C(=O)N(C(=O)C(C)(C)C)c1ccn([C@@H]2O[C@H](CO)C[C@@H]2OC(=S)C(=O)c2ncc[nH]2)c(=O)n1. The molecule has 2 aromatic rings. The van der Waals surface area contributed by atoms with Gasteiger partial charge in [-0.1, -0.05) is 41.5 Å². The Morgan fingerprint density at radius 2 is 1.84 bits per heavy atom. The molecular formula is C24H31N5O7S. The molecule has 1 saturated heterocycles. The van der Waals surface area contributed by atoms with Crippen molar-refractivity contribution in [3.05, 3.63) is 41.0 Å². The van der Waals surface area contributed by atoms with Crippen molar-refractivity contribution in [2.24, 2.45) is 10.8 Å². The van der Waals surface area contributed by atoms with E-state index >= 15 is 0 Å². The number of aromatic amines is 1. The fourth-order valence-electron chi connectivity index (χ4n) is 3.55. The molecule has 3 atom stereocenters. The van der Waals surface area contributed by atoms with Gasteiger partial charge in [-0.3, -0.25) is 19.0 Å². The predicted octanol–water partition coefficient (Wildman–Crippen LogP) is 1.79. The summed E-state index contributed by atoms with van der Waals surface area (Å²) >= 11 is 5.12. The number of imidazole rings is 1. The predicted molar refractivity (Wildman–Crippen MR) is 136 cm³/mol. The highest BCUT2D eigenvalue weighted by atomic mass is 32.1. The van der Waals surface area contributed by atoms with Crippen molar-refractivity contribution in [1.82, 2.24) is 19.5 Å². The lowest BCUT2D eigenvalue weighted by molar-refractivity contribution is -0.134. The second kappa shape index (κ2) is 10.6. The van der Waals surface area contributed by atoms with Gasteiger partial charge in [0.1, 0.15) is 11.9 Å². The zero-order valence-corrected chi connectivity index (χ0v) is 22.4. The number of anilines is 1. The van der Waals surface area contributed by atoms with Crippen molar-refractivity contribution in [2.75, 3.05) is 11.5 Å². The van der Waals surface area contributed by atoms with Crippen LogP contribution in [0.5, 0.6) is 0 Å². The van der Waals surface area contributed by atoms with Gasteiger partial charge in [-0.15, -0.1) is 0 Å². The van der Waals surface area contributed by atoms with E-state index in [0.717, 1.165) is 9.47 Å². The molecular weight excluding hydrogens is 502 g/mol. The number of thiocarbonyl (C=S) groups is 1. The Hall–Kier alpha value is -3.29.